The van der Waals surface area contributed by atoms with E-state index in [1.807, 2.05) is 30.3 Å². The Balaban J connectivity index is 1.94. The number of amides is 1. The fraction of sp³-hybridized carbons (Fsp3) is 0.222. The van der Waals surface area contributed by atoms with Gasteiger partial charge in [-0.25, -0.2) is 0 Å². The molecule has 112 valence electrons. The first-order valence-corrected chi connectivity index (χ1v) is 7.19. The predicted octanol–water partition coefficient (Wildman–Crippen LogP) is 3.53. The number of nitrogens with one attached hydrogen (secondary N) is 1. The maximum absolute atomic E-state index is 12.1. The van der Waals surface area contributed by atoms with Crippen LogP contribution in [0, 0.1) is 11.3 Å². The Bertz CT molecular complexity index is 670. The van der Waals surface area contributed by atoms with Gasteiger partial charge in [-0.15, -0.1) is 0 Å². The van der Waals surface area contributed by atoms with Crippen molar-refractivity contribution in [3.63, 3.8) is 0 Å². The van der Waals surface area contributed by atoms with Gasteiger partial charge in [0.25, 0.3) is 5.91 Å². The Morgan fingerprint density at radius 3 is 2.36 bits per heavy atom. The summed E-state index contributed by atoms with van der Waals surface area (Å²) in [6, 6.07) is 16.4. The molecular formula is C18H18N2O2. The first-order chi connectivity index (χ1) is 10.6. The van der Waals surface area contributed by atoms with E-state index in [0.717, 1.165) is 12.1 Å². The van der Waals surface area contributed by atoms with E-state index in [0.29, 0.717) is 11.3 Å². The van der Waals surface area contributed by atoms with Gasteiger partial charge in [0.1, 0.15) is 5.75 Å². The summed E-state index contributed by atoms with van der Waals surface area (Å²) in [4.78, 5) is 12.1. The van der Waals surface area contributed by atoms with Crippen molar-refractivity contribution < 1.29 is 9.53 Å². The molecule has 22 heavy (non-hydrogen) atoms. The normalized spacial score (nSPS) is 11.3. The minimum atomic E-state index is -0.626. The first kappa shape index (κ1) is 15.6. The Labute approximate surface area is 130 Å². The van der Waals surface area contributed by atoms with E-state index in [1.165, 1.54) is 5.56 Å². The van der Waals surface area contributed by atoms with Crippen molar-refractivity contribution in [2.24, 2.45) is 0 Å². The van der Waals surface area contributed by atoms with Gasteiger partial charge >= 0.3 is 0 Å². The maximum Gasteiger partial charge on any atom is 0.265 e. The van der Waals surface area contributed by atoms with Crippen LogP contribution in [0.25, 0.3) is 0 Å². The van der Waals surface area contributed by atoms with Gasteiger partial charge in [0.15, 0.2) is 6.10 Å². The molecule has 0 aliphatic carbocycles. The molecule has 0 heterocycles. The topological polar surface area (TPSA) is 62.1 Å². The number of hydrogen-bond donors (Lipinski definition) is 1. The molecule has 0 aromatic heterocycles. The van der Waals surface area contributed by atoms with Crippen LogP contribution in [0.15, 0.2) is 48.5 Å². The maximum atomic E-state index is 12.1. The number of rotatable bonds is 5. The standard InChI is InChI=1S/C18H18N2O2/c1-3-14-4-8-16(9-5-14)20-18(21)13(2)22-17-10-6-15(12-19)7-11-17/h4-11,13H,3H2,1-2H3,(H,20,21)/t13-/m0/s1. The van der Waals surface area contributed by atoms with Gasteiger partial charge in [0.2, 0.25) is 0 Å². The summed E-state index contributed by atoms with van der Waals surface area (Å²) < 4.78 is 5.57. The van der Waals surface area contributed by atoms with Crippen LogP contribution in [0.2, 0.25) is 0 Å². The highest BCUT2D eigenvalue weighted by Gasteiger charge is 2.14. The average molecular weight is 294 g/mol. The number of carbonyl (C=O) groups is 1. The zero-order valence-electron chi connectivity index (χ0n) is 12.7. The second-order valence-corrected chi connectivity index (χ2v) is 4.94. The van der Waals surface area contributed by atoms with Gasteiger partial charge in [0.05, 0.1) is 11.6 Å². The number of nitrogens with zero attached hydrogens (tertiary/aromatic N) is 1. The summed E-state index contributed by atoms with van der Waals surface area (Å²) >= 11 is 0. The van der Waals surface area contributed by atoms with E-state index in [-0.39, 0.29) is 5.91 Å². The third-order valence-corrected chi connectivity index (χ3v) is 3.30. The fourth-order valence-corrected chi connectivity index (χ4v) is 1.93. The summed E-state index contributed by atoms with van der Waals surface area (Å²) in [6.07, 6.45) is 0.339. The predicted molar refractivity (Wildman–Crippen MR) is 85.7 cm³/mol. The van der Waals surface area contributed by atoms with Crippen molar-refractivity contribution in [2.75, 3.05) is 5.32 Å². The van der Waals surface area contributed by atoms with Crippen LogP contribution in [0.5, 0.6) is 5.75 Å². The Morgan fingerprint density at radius 1 is 1.18 bits per heavy atom. The van der Waals surface area contributed by atoms with Crippen LogP contribution < -0.4 is 10.1 Å². The highest BCUT2D eigenvalue weighted by atomic mass is 16.5. The molecule has 0 aliphatic rings. The van der Waals surface area contributed by atoms with Crippen LogP contribution in [0.1, 0.15) is 25.0 Å². The molecule has 1 N–H and O–H groups in total. The van der Waals surface area contributed by atoms with Crippen molar-refractivity contribution in [1.82, 2.24) is 0 Å². The molecule has 0 radical (unpaired) electrons. The molecule has 0 spiro atoms. The third kappa shape index (κ3) is 4.10. The molecule has 4 heteroatoms. The van der Waals surface area contributed by atoms with Crippen molar-refractivity contribution in [2.45, 2.75) is 26.4 Å². The molecule has 0 unspecified atom stereocenters. The van der Waals surface area contributed by atoms with E-state index in [9.17, 15) is 4.79 Å². The SMILES string of the molecule is CCc1ccc(NC(=O)[C@H](C)Oc2ccc(C#N)cc2)cc1. The lowest BCUT2D eigenvalue weighted by Crippen LogP contribution is -2.30. The van der Waals surface area contributed by atoms with Gasteiger partial charge < -0.3 is 10.1 Å². The Kier molecular flexibility index (Phi) is 5.16. The van der Waals surface area contributed by atoms with Crippen LogP contribution in [-0.4, -0.2) is 12.0 Å². The van der Waals surface area contributed by atoms with E-state index in [1.54, 1.807) is 31.2 Å². The highest BCUT2D eigenvalue weighted by molar-refractivity contribution is 5.94. The van der Waals surface area contributed by atoms with Crippen molar-refractivity contribution in [1.29, 1.82) is 5.26 Å². The largest absolute Gasteiger partial charge is 0.481 e. The van der Waals surface area contributed by atoms with Crippen molar-refractivity contribution in [3.8, 4) is 11.8 Å². The lowest BCUT2D eigenvalue weighted by Gasteiger charge is -2.15. The number of hydrogen-bond acceptors (Lipinski definition) is 3. The molecule has 0 aliphatic heterocycles. The molecule has 1 amide bonds. The van der Waals surface area contributed by atoms with Crippen LogP contribution >= 0.6 is 0 Å². The van der Waals surface area contributed by atoms with Crippen LogP contribution in [0.4, 0.5) is 5.69 Å². The Morgan fingerprint density at radius 2 is 1.82 bits per heavy atom. The summed E-state index contributed by atoms with van der Waals surface area (Å²) in [7, 11) is 0. The molecule has 0 saturated carbocycles. The van der Waals surface area contributed by atoms with Gasteiger partial charge in [-0.05, 0) is 55.3 Å². The smallest absolute Gasteiger partial charge is 0.265 e. The monoisotopic (exact) mass is 294 g/mol. The molecule has 0 fully saturated rings. The molecule has 4 nitrogen and oxygen atoms in total. The average Bonchev–Trinajstić information content (AvgIpc) is 2.56. The number of anilines is 1. The summed E-state index contributed by atoms with van der Waals surface area (Å²) in [5.41, 5.74) is 2.53. The van der Waals surface area contributed by atoms with E-state index in [2.05, 4.69) is 12.2 Å². The summed E-state index contributed by atoms with van der Waals surface area (Å²) in [5.74, 6) is 0.344. The second-order valence-electron chi connectivity index (χ2n) is 4.94. The minimum absolute atomic E-state index is 0.214. The number of carbonyl (C=O) groups excluding carboxylic acids is 1. The van der Waals surface area contributed by atoms with Crippen LogP contribution in [-0.2, 0) is 11.2 Å². The zero-order valence-corrected chi connectivity index (χ0v) is 12.7. The summed E-state index contributed by atoms with van der Waals surface area (Å²) in [6.45, 7) is 3.77. The summed E-state index contributed by atoms with van der Waals surface area (Å²) in [5, 5.41) is 11.6. The van der Waals surface area contributed by atoms with Crippen LogP contribution in [0.3, 0.4) is 0 Å². The Hall–Kier alpha value is -2.80. The van der Waals surface area contributed by atoms with E-state index >= 15 is 0 Å². The number of nitriles is 1. The lowest BCUT2D eigenvalue weighted by atomic mass is 10.1. The highest BCUT2D eigenvalue weighted by Crippen LogP contribution is 2.15. The quantitative estimate of drug-likeness (QED) is 0.917. The second kappa shape index (κ2) is 7.28. The zero-order chi connectivity index (χ0) is 15.9. The van der Waals surface area contributed by atoms with Gasteiger partial charge in [-0.2, -0.15) is 5.26 Å². The van der Waals surface area contributed by atoms with Crippen molar-refractivity contribution >= 4 is 11.6 Å². The number of aryl methyl sites for hydroxylation is 1. The van der Waals surface area contributed by atoms with Gasteiger partial charge in [-0.3, -0.25) is 4.79 Å². The molecule has 1 atom stereocenters. The van der Waals surface area contributed by atoms with E-state index < -0.39 is 6.10 Å². The molecule has 2 aromatic carbocycles. The molecule has 0 saturated heterocycles. The van der Waals surface area contributed by atoms with Crippen molar-refractivity contribution in [3.05, 3.63) is 59.7 Å². The molecule has 0 bridgehead atoms. The molecule has 2 rings (SSSR count). The van der Waals surface area contributed by atoms with Gasteiger partial charge in [0, 0.05) is 5.69 Å². The third-order valence-electron chi connectivity index (χ3n) is 3.30. The van der Waals surface area contributed by atoms with Gasteiger partial charge in [-0.1, -0.05) is 19.1 Å². The molecule has 2 aromatic rings. The number of benzene rings is 2. The molecular weight excluding hydrogens is 276 g/mol. The first-order valence-electron chi connectivity index (χ1n) is 7.19. The van der Waals surface area contributed by atoms with E-state index in [4.69, 9.17) is 10.00 Å². The lowest BCUT2D eigenvalue weighted by molar-refractivity contribution is -0.122. The fourth-order valence-electron chi connectivity index (χ4n) is 1.93. The minimum Gasteiger partial charge on any atom is -0.481 e. The number of ether oxygens (including phenoxy) is 1.